The third-order valence-electron chi connectivity index (χ3n) is 3.56. The molecular formula is C17H21N5O2. The van der Waals surface area contributed by atoms with Crippen LogP contribution in [0.25, 0.3) is 0 Å². The van der Waals surface area contributed by atoms with E-state index in [1.54, 1.807) is 48.5 Å². The van der Waals surface area contributed by atoms with Gasteiger partial charge >= 0.3 is 0 Å². The Balaban J connectivity index is 2.02. The van der Waals surface area contributed by atoms with Crippen LogP contribution in [0, 0.1) is 0 Å². The first-order chi connectivity index (χ1) is 11.5. The van der Waals surface area contributed by atoms with Crippen LogP contribution >= 0.6 is 0 Å². The van der Waals surface area contributed by atoms with Crippen molar-refractivity contribution in [2.75, 3.05) is 11.5 Å². The van der Waals surface area contributed by atoms with Crippen molar-refractivity contribution in [1.29, 1.82) is 0 Å². The highest BCUT2D eigenvalue weighted by molar-refractivity contribution is 5.88. The van der Waals surface area contributed by atoms with Crippen molar-refractivity contribution in [2.24, 2.45) is 5.84 Å². The van der Waals surface area contributed by atoms with Gasteiger partial charge in [0.05, 0.1) is 6.42 Å². The fourth-order valence-electron chi connectivity index (χ4n) is 2.27. The summed E-state index contributed by atoms with van der Waals surface area (Å²) >= 11 is 0. The average Bonchev–Trinajstić information content (AvgIpc) is 2.57. The lowest BCUT2D eigenvalue weighted by molar-refractivity contribution is -0.128. The predicted molar refractivity (Wildman–Crippen MR) is 93.4 cm³/mol. The van der Waals surface area contributed by atoms with E-state index < -0.39 is 11.9 Å². The molecule has 1 atom stereocenters. The van der Waals surface area contributed by atoms with Crippen molar-refractivity contribution in [1.82, 2.24) is 10.7 Å². The normalized spacial score (nSPS) is 11.5. The van der Waals surface area contributed by atoms with Gasteiger partial charge < -0.3 is 16.8 Å². The second-order valence-corrected chi connectivity index (χ2v) is 5.49. The van der Waals surface area contributed by atoms with E-state index in [1.165, 1.54) is 0 Å². The molecule has 7 nitrogen and oxygen atoms in total. The molecule has 0 radical (unpaired) electrons. The Morgan fingerprint density at radius 3 is 1.88 bits per heavy atom. The molecule has 0 aliphatic heterocycles. The summed E-state index contributed by atoms with van der Waals surface area (Å²) in [6, 6.07) is 13.3. The fraction of sp³-hybridized carbons (Fsp3) is 0.176. The van der Waals surface area contributed by atoms with Gasteiger partial charge in [-0.1, -0.05) is 24.3 Å². The number of amides is 2. The van der Waals surface area contributed by atoms with Crippen molar-refractivity contribution in [3.8, 4) is 0 Å². The fourth-order valence-corrected chi connectivity index (χ4v) is 2.27. The maximum Gasteiger partial charge on any atom is 0.256 e. The topological polar surface area (TPSA) is 136 Å². The number of hydrazine groups is 1. The molecule has 0 aliphatic rings. The summed E-state index contributed by atoms with van der Waals surface area (Å²) < 4.78 is 0. The molecule has 2 aromatic carbocycles. The first-order valence-electron chi connectivity index (χ1n) is 7.46. The average molecular weight is 327 g/mol. The second-order valence-electron chi connectivity index (χ2n) is 5.49. The first-order valence-corrected chi connectivity index (χ1v) is 7.46. The summed E-state index contributed by atoms with van der Waals surface area (Å²) in [4.78, 5) is 24.1. The number of rotatable bonds is 6. The Hall–Kier alpha value is -3.06. The van der Waals surface area contributed by atoms with E-state index in [0.29, 0.717) is 17.8 Å². The van der Waals surface area contributed by atoms with Gasteiger partial charge in [-0.05, 0) is 35.4 Å². The largest absolute Gasteiger partial charge is 0.399 e. The molecule has 0 aromatic heterocycles. The lowest BCUT2D eigenvalue weighted by Crippen LogP contribution is -2.50. The lowest BCUT2D eigenvalue weighted by atomic mass is 10.0. The molecule has 0 saturated heterocycles. The molecule has 0 spiro atoms. The molecule has 0 aliphatic carbocycles. The zero-order valence-electron chi connectivity index (χ0n) is 13.2. The van der Waals surface area contributed by atoms with Crippen LogP contribution in [0.4, 0.5) is 11.4 Å². The van der Waals surface area contributed by atoms with E-state index >= 15 is 0 Å². The van der Waals surface area contributed by atoms with Gasteiger partial charge in [0.1, 0.15) is 6.04 Å². The molecule has 2 amide bonds. The number of carbonyl (C=O) groups excluding carboxylic acids is 2. The number of nitrogens with one attached hydrogen (secondary N) is 2. The van der Waals surface area contributed by atoms with Crippen LogP contribution < -0.4 is 28.1 Å². The summed E-state index contributed by atoms with van der Waals surface area (Å²) in [6.45, 7) is 0. The zero-order chi connectivity index (χ0) is 17.5. The predicted octanol–water partition coefficient (Wildman–Crippen LogP) is 0.111. The first kappa shape index (κ1) is 17.3. The number of benzene rings is 2. The maximum absolute atomic E-state index is 12.2. The minimum Gasteiger partial charge on any atom is -0.399 e. The van der Waals surface area contributed by atoms with Crippen molar-refractivity contribution in [3.63, 3.8) is 0 Å². The SMILES string of the molecule is NNC(=O)C(Cc1ccc(N)cc1)NC(=O)Cc1ccc(N)cc1. The number of hydrogen-bond donors (Lipinski definition) is 5. The van der Waals surface area contributed by atoms with Crippen LogP contribution in [0.1, 0.15) is 11.1 Å². The molecule has 2 rings (SSSR count). The van der Waals surface area contributed by atoms with Crippen molar-refractivity contribution in [2.45, 2.75) is 18.9 Å². The lowest BCUT2D eigenvalue weighted by Gasteiger charge is -2.17. The number of nitrogens with two attached hydrogens (primary N) is 3. The molecule has 7 heteroatoms. The van der Waals surface area contributed by atoms with Crippen LogP contribution in [0.5, 0.6) is 0 Å². The summed E-state index contributed by atoms with van der Waals surface area (Å²) in [5, 5.41) is 2.70. The van der Waals surface area contributed by atoms with E-state index in [9.17, 15) is 9.59 Å². The van der Waals surface area contributed by atoms with Crippen molar-refractivity contribution < 1.29 is 9.59 Å². The Morgan fingerprint density at radius 2 is 1.38 bits per heavy atom. The van der Waals surface area contributed by atoms with E-state index in [-0.39, 0.29) is 12.3 Å². The standard InChI is InChI=1S/C17H21N5O2/c18-13-5-1-11(2-6-13)9-15(17(24)22-20)21-16(23)10-12-3-7-14(19)8-4-12/h1-8,15H,9-10,18-20H2,(H,21,23)(H,22,24). The van der Waals surface area contributed by atoms with E-state index in [1.807, 2.05) is 0 Å². The summed E-state index contributed by atoms with van der Waals surface area (Å²) in [6.07, 6.45) is 0.465. The number of hydrogen-bond acceptors (Lipinski definition) is 5. The van der Waals surface area contributed by atoms with Gasteiger partial charge in [0.2, 0.25) is 5.91 Å². The second kappa shape index (κ2) is 7.98. The third-order valence-corrected chi connectivity index (χ3v) is 3.56. The molecule has 0 saturated carbocycles. The van der Waals surface area contributed by atoms with E-state index in [2.05, 4.69) is 10.7 Å². The van der Waals surface area contributed by atoms with Crippen LogP contribution in [0.15, 0.2) is 48.5 Å². The monoisotopic (exact) mass is 327 g/mol. The smallest absolute Gasteiger partial charge is 0.256 e. The van der Waals surface area contributed by atoms with Gasteiger partial charge in [0.25, 0.3) is 5.91 Å². The van der Waals surface area contributed by atoms with Crippen molar-refractivity contribution >= 4 is 23.2 Å². The van der Waals surface area contributed by atoms with E-state index in [0.717, 1.165) is 11.1 Å². The van der Waals surface area contributed by atoms with Gasteiger partial charge in [0, 0.05) is 17.8 Å². The molecule has 1 unspecified atom stereocenters. The molecule has 8 N–H and O–H groups in total. The highest BCUT2D eigenvalue weighted by atomic mass is 16.2. The number of anilines is 2. The van der Waals surface area contributed by atoms with Crippen LogP contribution in [-0.2, 0) is 22.4 Å². The zero-order valence-corrected chi connectivity index (χ0v) is 13.2. The summed E-state index contributed by atoms with van der Waals surface area (Å²) in [7, 11) is 0. The summed E-state index contributed by atoms with van der Waals surface area (Å²) in [5.41, 5.74) is 16.3. The molecule has 126 valence electrons. The van der Waals surface area contributed by atoms with Crippen molar-refractivity contribution in [3.05, 3.63) is 59.7 Å². The van der Waals surface area contributed by atoms with Gasteiger partial charge in [-0.3, -0.25) is 15.0 Å². The Bertz CT molecular complexity index is 698. The van der Waals surface area contributed by atoms with Crippen LogP contribution in [0.2, 0.25) is 0 Å². The molecule has 0 fully saturated rings. The highest BCUT2D eigenvalue weighted by Gasteiger charge is 2.20. The Kier molecular flexibility index (Phi) is 5.75. The Labute approximate surface area is 140 Å². The summed E-state index contributed by atoms with van der Waals surface area (Å²) in [5.74, 6) is 4.48. The Morgan fingerprint density at radius 1 is 0.875 bits per heavy atom. The minimum absolute atomic E-state index is 0.149. The van der Waals surface area contributed by atoms with Gasteiger partial charge in [0.15, 0.2) is 0 Å². The van der Waals surface area contributed by atoms with Gasteiger partial charge in [-0.25, -0.2) is 5.84 Å². The molecule has 24 heavy (non-hydrogen) atoms. The molecule has 2 aromatic rings. The van der Waals surface area contributed by atoms with Crippen LogP contribution in [0.3, 0.4) is 0 Å². The van der Waals surface area contributed by atoms with Gasteiger partial charge in [-0.15, -0.1) is 0 Å². The molecule has 0 heterocycles. The van der Waals surface area contributed by atoms with E-state index in [4.69, 9.17) is 17.3 Å². The highest BCUT2D eigenvalue weighted by Crippen LogP contribution is 2.09. The molecular weight excluding hydrogens is 306 g/mol. The minimum atomic E-state index is -0.764. The third kappa shape index (κ3) is 4.99. The van der Waals surface area contributed by atoms with Crippen LogP contribution in [-0.4, -0.2) is 17.9 Å². The number of nitrogen functional groups attached to an aromatic ring is 2. The number of carbonyl (C=O) groups is 2. The quantitative estimate of drug-likeness (QED) is 0.222. The molecule has 0 bridgehead atoms. The van der Waals surface area contributed by atoms with Gasteiger partial charge in [-0.2, -0.15) is 0 Å². The maximum atomic E-state index is 12.2.